The molecule has 0 aromatic rings. The molecule has 5 amide bonds. The van der Waals surface area contributed by atoms with Crippen LogP contribution in [-0.4, -0.2) is 89.6 Å². The predicted molar refractivity (Wildman–Crippen MR) is 188 cm³/mol. The van der Waals surface area contributed by atoms with E-state index in [4.69, 9.17) is 28.8 Å². The van der Waals surface area contributed by atoms with Crippen molar-refractivity contribution in [1.82, 2.24) is 26.2 Å². The van der Waals surface area contributed by atoms with Crippen LogP contribution in [0.2, 0.25) is 0 Å². The summed E-state index contributed by atoms with van der Waals surface area (Å²) in [5, 5.41) is 7.89. The Hall–Kier alpha value is -2.70. The molecule has 13 heteroatoms. The number of carbonyl (C=O) groups excluding carboxylic acids is 5. The molecule has 0 radical (unpaired) electrons. The lowest BCUT2D eigenvalue weighted by Gasteiger charge is -2.41. The summed E-state index contributed by atoms with van der Waals surface area (Å²) in [7, 11) is -5.14. The Labute approximate surface area is 322 Å². The Bertz CT molecular complexity index is 2170. The number of ketones is 1. The van der Waals surface area contributed by atoms with Crippen molar-refractivity contribution < 1.29 is 61.2 Å². The summed E-state index contributed by atoms with van der Waals surface area (Å²) in [6.45, 7) is -6.41. The van der Waals surface area contributed by atoms with Crippen LogP contribution in [0.5, 0.6) is 0 Å². The van der Waals surface area contributed by atoms with Gasteiger partial charge in [-0.2, -0.15) is 0 Å². The summed E-state index contributed by atoms with van der Waals surface area (Å²) in [6, 6.07) is -9.87. The van der Waals surface area contributed by atoms with E-state index in [1.807, 2.05) is 0 Å². The maximum Gasteiger partial charge on any atom is 0.315 e. The van der Waals surface area contributed by atoms with Crippen molar-refractivity contribution in [2.75, 3.05) is 12.3 Å². The van der Waals surface area contributed by atoms with E-state index >= 15 is 4.79 Å². The molecular weight excluding hydrogens is 646 g/mol. The molecule has 0 aromatic heterocycles. The van der Waals surface area contributed by atoms with E-state index in [0.717, 1.165) is 27.7 Å². The third-order valence-corrected chi connectivity index (χ3v) is 12.2. The third-order valence-electron chi connectivity index (χ3n) is 9.51. The summed E-state index contributed by atoms with van der Waals surface area (Å²) < 4.78 is 205. The number of rotatable bonds is 13. The van der Waals surface area contributed by atoms with Gasteiger partial charge in [0.2, 0.25) is 17.6 Å². The average molecular weight is 729 g/mol. The molecule has 0 bridgehead atoms. The second kappa shape index (κ2) is 14.1. The SMILES string of the molecule is [2H]C([2H])(C)CC[C@H](NC(=O)[C@@H]1[C@@H]2[C@H](CN1C(=O)[C@@H](NC(=O)NC1(CS(=O)(=O)C(C)(C)C)C([2H])([2H])C([2H])([2H])C([2H])([2H])C([2H])([2H])C1([2H])[2H])C(C([2H])([2H])[2H])(C([2H])([2H])[2H])C([2H])([2H])[2H])C2(C)C)C(=O)C(=O)NC1CC1. The first-order valence-electron chi connectivity index (χ1n) is 26.5. The first-order chi connectivity index (χ1) is 30.7. The van der Waals surface area contributed by atoms with Crippen molar-refractivity contribution in [1.29, 1.82) is 0 Å². The fraction of sp³-hybridized carbons (Fsp3) is 0.861. The third kappa shape index (κ3) is 8.79. The topological polar surface area (TPSA) is 171 Å². The summed E-state index contributed by atoms with van der Waals surface area (Å²) >= 11 is 0. The molecule has 278 valence electrons. The number of hydrogen-bond donors (Lipinski definition) is 4. The predicted octanol–water partition coefficient (Wildman–Crippen LogP) is 3.62. The molecule has 12 nitrogen and oxygen atoms in total. The molecule has 4 N–H and O–H groups in total. The van der Waals surface area contributed by atoms with Crippen LogP contribution in [-0.2, 0) is 29.0 Å². The van der Waals surface area contributed by atoms with Crippen LogP contribution in [0.4, 0.5) is 4.79 Å². The minimum absolute atomic E-state index is 0.349. The Kier molecular flexibility index (Phi) is 5.55. The van der Waals surface area contributed by atoms with Gasteiger partial charge in [-0.25, -0.2) is 13.2 Å². The molecule has 0 unspecified atom stereocenters. The molecule has 3 saturated carbocycles. The van der Waals surface area contributed by atoms with E-state index in [2.05, 4.69) is 10.6 Å². The van der Waals surface area contributed by atoms with Gasteiger partial charge in [-0.15, -0.1) is 0 Å². The fourth-order valence-electron chi connectivity index (χ4n) is 6.16. The number of amides is 5. The van der Waals surface area contributed by atoms with Gasteiger partial charge in [0.15, 0.2) is 9.84 Å². The van der Waals surface area contributed by atoms with Crippen LogP contribution in [0, 0.1) is 22.7 Å². The van der Waals surface area contributed by atoms with Crippen molar-refractivity contribution >= 4 is 39.4 Å². The summed E-state index contributed by atoms with van der Waals surface area (Å²) in [4.78, 5) is 71.5. The summed E-state index contributed by atoms with van der Waals surface area (Å²) in [5.41, 5.74) is -9.51. The van der Waals surface area contributed by atoms with E-state index in [1.165, 1.54) is 5.32 Å². The molecule has 4 rings (SSSR count). The average Bonchev–Trinajstić information content (AvgIpc) is 3.99. The zero-order chi connectivity index (χ0) is 55.0. The molecule has 0 spiro atoms. The highest BCUT2D eigenvalue weighted by Crippen LogP contribution is 2.65. The lowest BCUT2D eigenvalue weighted by molar-refractivity contribution is -0.145. The number of urea groups is 1. The Morgan fingerprint density at radius 3 is 2.20 bits per heavy atom. The highest BCUT2D eigenvalue weighted by Gasteiger charge is 2.70. The molecule has 5 atom stereocenters. The Morgan fingerprint density at radius 1 is 1.02 bits per heavy atom. The van der Waals surface area contributed by atoms with Gasteiger partial charge in [0.25, 0.3) is 5.91 Å². The minimum atomic E-state index is -5.14. The zero-order valence-electron chi connectivity index (χ0n) is 49.4. The highest BCUT2D eigenvalue weighted by atomic mass is 32.2. The van der Waals surface area contributed by atoms with Crippen LogP contribution in [0.25, 0.3) is 0 Å². The van der Waals surface area contributed by atoms with Gasteiger partial charge in [-0.05, 0) is 75.4 Å². The number of carbonyl (C=O) groups is 5. The minimum Gasteiger partial charge on any atom is -0.347 e. The van der Waals surface area contributed by atoms with Gasteiger partial charge >= 0.3 is 6.03 Å². The maximum absolute atomic E-state index is 15.3. The zero-order valence-corrected chi connectivity index (χ0v) is 29.2. The largest absolute Gasteiger partial charge is 0.347 e. The quantitative estimate of drug-likeness (QED) is 0.210. The van der Waals surface area contributed by atoms with Gasteiger partial charge in [-0.1, -0.05) is 73.2 Å². The summed E-state index contributed by atoms with van der Waals surface area (Å²) in [5.74, 6) is -9.34. The number of Topliss-reactive ketones (excluding diaryl/α,β-unsaturated/α-hetero) is 1. The van der Waals surface area contributed by atoms with Gasteiger partial charge in [0.1, 0.15) is 12.1 Å². The number of nitrogens with zero attached hydrogens (tertiary/aromatic N) is 1. The van der Waals surface area contributed by atoms with E-state index in [-0.39, 0.29) is 6.04 Å². The van der Waals surface area contributed by atoms with Crippen LogP contribution in [0.15, 0.2) is 0 Å². The Morgan fingerprint density at radius 2 is 1.65 bits per heavy atom. The normalized spacial score (nSPS) is 38.3. The molecule has 4 aliphatic rings. The van der Waals surface area contributed by atoms with Crippen molar-refractivity contribution in [2.45, 2.75) is 160 Å². The van der Waals surface area contributed by atoms with Crippen LogP contribution in [0.1, 0.15) is 155 Å². The molecule has 4 fully saturated rings. The van der Waals surface area contributed by atoms with Crippen molar-refractivity contribution in [3.63, 3.8) is 0 Å². The maximum atomic E-state index is 15.3. The lowest BCUT2D eigenvalue weighted by atomic mass is 9.83. The van der Waals surface area contributed by atoms with Gasteiger partial charge in [0.05, 0.1) is 22.1 Å². The van der Waals surface area contributed by atoms with E-state index in [9.17, 15) is 27.6 Å². The highest BCUT2D eigenvalue weighted by molar-refractivity contribution is 7.92. The van der Waals surface area contributed by atoms with Crippen molar-refractivity contribution in [2.24, 2.45) is 22.7 Å². The molecule has 0 aromatic carbocycles. The van der Waals surface area contributed by atoms with Gasteiger partial charge in [-0.3, -0.25) is 19.2 Å². The first-order valence-corrected chi connectivity index (χ1v) is 17.7. The van der Waals surface area contributed by atoms with Crippen LogP contribution < -0.4 is 21.3 Å². The fourth-order valence-corrected chi connectivity index (χ4v) is 7.38. The van der Waals surface area contributed by atoms with Crippen molar-refractivity contribution in [3.8, 4) is 0 Å². The van der Waals surface area contributed by atoms with Gasteiger partial charge in [0, 0.05) is 41.4 Å². The molecule has 49 heavy (non-hydrogen) atoms. The smallest absolute Gasteiger partial charge is 0.315 e. The number of fused-ring (bicyclic) bond motifs is 1. The van der Waals surface area contributed by atoms with Gasteiger partial charge < -0.3 is 26.2 Å². The van der Waals surface area contributed by atoms with E-state index < -0.39 is 174 Å². The number of piperidine rings is 1. The Balaban J connectivity index is 1.99. The monoisotopic (exact) mass is 729 g/mol. The number of nitrogens with one attached hydrogen (secondary N) is 4. The second-order valence-corrected chi connectivity index (χ2v) is 17.4. The molecule has 1 heterocycles. The van der Waals surface area contributed by atoms with Crippen LogP contribution in [0.3, 0.4) is 0 Å². The molecular formula is C36H61N5O7S. The standard InChI is InChI=1S/C36H61N5O7S/c1-10-11-15-24(27(42)30(44)37-22-16-17-22)38-29(43)26-25-23(35(25,8)9)20-41(26)31(45)28(33(2,3)4)39-32(46)40-36(18-13-12-14-19-36)21-49(47,48)34(5,6)7/h22-26,28H,10-21H2,1-9H3,(H,37,44)(H,38,43)(H2,39,40,46)/t23-,24-,25-,26-,28+/m0/s1/i2D3,3D3,4D3,10D2,12D2,13D2,14D2,18D2,19D2. The second-order valence-electron chi connectivity index (χ2n) is 14.7. The van der Waals surface area contributed by atoms with E-state index in [1.54, 1.807) is 19.2 Å². The molecule has 1 saturated heterocycles. The van der Waals surface area contributed by atoms with Crippen molar-refractivity contribution in [3.05, 3.63) is 0 Å². The summed E-state index contributed by atoms with van der Waals surface area (Å²) in [6.07, 6.45) is -23.3. The number of hydrogen-bond acceptors (Lipinski definition) is 7. The number of sulfone groups is 1. The van der Waals surface area contributed by atoms with E-state index in [0.29, 0.717) is 17.7 Å². The molecule has 3 aliphatic carbocycles. The van der Waals surface area contributed by atoms with Crippen LogP contribution >= 0.6 is 0 Å². The number of likely N-dealkylation sites (tertiary alicyclic amines) is 1. The first kappa shape index (κ1) is 19.2. The molecule has 1 aliphatic heterocycles. The lowest BCUT2D eigenvalue weighted by Crippen LogP contribution is -2.64.